The quantitative estimate of drug-likeness (QED) is 0.168. The standard InChI is InChI=1S/C23H31N5O4.HI/c1-23(2,3)32-22(29)27(5)16-18-11-9-17(10-12-18)14-25-21(24-4)26-15-19-7-6-8-20(13-19)28(30)31;/h6-13H,14-16H2,1-5H3,(H2,24,25,26);1H. The van der Waals surface area contributed by atoms with E-state index in [0.717, 1.165) is 16.7 Å². The Bertz CT molecular complexity index is 958. The molecule has 0 aliphatic heterocycles. The van der Waals surface area contributed by atoms with E-state index in [2.05, 4.69) is 15.6 Å². The summed E-state index contributed by atoms with van der Waals surface area (Å²) in [6.07, 6.45) is -0.359. The number of halogens is 1. The second-order valence-electron chi connectivity index (χ2n) is 8.36. The van der Waals surface area contributed by atoms with Crippen LogP contribution in [0.15, 0.2) is 53.5 Å². The van der Waals surface area contributed by atoms with Crippen LogP contribution in [0.5, 0.6) is 0 Å². The molecule has 0 aliphatic rings. The molecule has 0 saturated carbocycles. The number of ether oxygens (including phenoxy) is 1. The van der Waals surface area contributed by atoms with Crippen LogP contribution in [-0.4, -0.2) is 41.6 Å². The molecule has 2 aromatic carbocycles. The molecular weight excluding hydrogens is 537 g/mol. The number of hydrogen-bond donors (Lipinski definition) is 2. The summed E-state index contributed by atoms with van der Waals surface area (Å²) in [6, 6.07) is 14.4. The maximum Gasteiger partial charge on any atom is 0.410 e. The molecule has 2 aromatic rings. The van der Waals surface area contributed by atoms with Crippen LogP contribution in [-0.2, 0) is 24.4 Å². The highest BCUT2D eigenvalue weighted by atomic mass is 127. The largest absolute Gasteiger partial charge is 0.444 e. The van der Waals surface area contributed by atoms with Gasteiger partial charge in [0, 0.05) is 45.9 Å². The summed E-state index contributed by atoms with van der Waals surface area (Å²) in [4.78, 5) is 28.3. The van der Waals surface area contributed by atoms with E-state index in [1.807, 2.05) is 51.1 Å². The summed E-state index contributed by atoms with van der Waals surface area (Å²) in [6.45, 7) is 6.94. The van der Waals surface area contributed by atoms with E-state index in [1.54, 1.807) is 20.2 Å². The van der Waals surface area contributed by atoms with Crippen LogP contribution in [0.2, 0.25) is 0 Å². The first kappa shape index (κ1) is 28.1. The van der Waals surface area contributed by atoms with Crippen LogP contribution < -0.4 is 10.6 Å². The molecule has 2 rings (SSSR count). The molecule has 0 bridgehead atoms. The number of hydrogen-bond acceptors (Lipinski definition) is 5. The summed E-state index contributed by atoms with van der Waals surface area (Å²) in [5, 5.41) is 17.3. The predicted molar refractivity (Wildman–Crippen MR) is 140 cm³/mol. The maximum atomic E-state index is 12.1. The highest BCUT2D eigenvalue weighted by molar-refractivity contribution is 14.0. The molecule has 33 heavy (non-hydrogen) atoms. The second-order valence-corrected chi connectivity index (χ2v) is 8.36. The van der Waals surface area contributed by atoms with Crippen molar-refractivity contribution in [3.05, 3.63) is 75.3 Å². The van der Waals surface area contributed by atoms with Gasteiger partial charge in [-0.05, 0) is 37.5 Å². The molecule has 1 amide bonds. The summed E-state index contributed by atoms with van der Waals surface area (Å²) >= 11 is 0. The first-order valence-electron chi connectivity index (χ1n) is 10.3. The monoisotopic (exact) mass is 569 g/mol. The minimum Gasteiger partial charge on any atom is -0.444 e. The molecular formula is C23H32IN5O4. The first-order valence-corrected chi connectivity index (χ1v) is 10.3. The highest BCUT2D eigenvalue weighted by Gasteiger charge is 2.19. The number of aliphatic imine (C=N–C) groups is 1. The molecule has 0 spiro atoms. The maximum absolute atomic E-state index is 12.1. The Morgan fingerprint density at radius 3 is 2.18 bits per heavy atom. The molecule has 2 N–H and O–H groups in total. The molecule has 0 heterocycles. The highest BCUT2D eigenvalue weighted by Crippen LogP contribution is 2.13. The average Bonchev–Trinajstić information content (AvgIpc) is 2.74. The number of nitro benzene ring substituents is 1. The number of nitrogens with zero attached hydrogens (tertiary/aromatic N) is 3. The van der Waals surface area contributed by atoms with Gasteiger partial charge in [-0.3, -0.25) is 15.1 Å². The molecule has 0 aliphatic carbocycles. The Labute approximate surface area is 211 Å². The zero-order valence-corrected chi connectivity index (χ0v) is 22.0. The first-order chi connectivity index (χ1) is 15.1. The second kappa shape index (κ2) is 13.0. The van der Waals surface area contributed by atoms with Crippen molar-refractivity contribution in [3.8, 4) is 0 Å². The minimum absolute atomic E-state index is 0. The number of nitrogens with one attached hydrogen (secondary N) is 2. The molecule has 10 heteroatoms. The van der Waals surface area contributed by atoms with Crippen LogP contribution in [0.1, 0.15) is 37.5 Å². The Kier molecular flexibility index (Phi) is 11.1. The zero-order valence-electron chi connectivity index (χ0n) is 19.6. The van der Waals surface area contributed by atoms with Crippen LogP contribution in [0.25, 0.3) is 0 Å². The van der Waals surface area contributed by atoms with E-state index in [1.165, 1.54) is 17.0 Å². The van der Waals surface area contributed by atoms with Crippen molar-refractivity contribution in [1.29, 1.82) is 0 Å². The Hall–Kier alpha value is -2.89. The number of carbonyl (C=O) groups excluding carboxylic acids is 1. The fourth-order valence-electron chi connectivity index (χ4n) is 2.81. The molecule has 0 fully saturated rings. The van der Waals surface area contributed by atoms with Gasteiger partial charge in [0.1, 0.15) is 5.60 Å². The van der Waals surface area contributed by atoms with Gasteiger partial charge >= 0.3 is 6.09 Å². The Balaban J connectivity index is 0.00000544. The summed E-state index contributed by atoms with van der Waals surface area (Å²) in [7, 11) is 3.37. The van der Waals surface area contributed by atoms with E-state index >= 15 is 0 Å². The molecule has 9 nitrogen and oxygen atoms in total. The number of amides is 1. The van der Waals surface area contributed by atoms with Crippen molar-refractivity contribution in [1.82, 2.24) is 15.5 Å². The number of benzene rings is 2. The molecule has 0 atom stereocenters. The van der Waals surface area contributed by atoms with Crippen LogP contribution in [0.4, 0.5) is 10.5 Å². The zero-order chi connectivity index (χ0) is 23.7. The lowest BCUT2D eigenvalue weighted by molar-refractivity contribution is -0.384. The van der Waals surface area contributed by atoms with Gasteiger partial charge in [-0.25, -0.2) is 4.79 Å². The van der Waals surface area contributed by atoms with E-state index in [-0.39, 0.29) is 35.8 Å². The normalized spacial score (nSPS) is 11.2. The Morgan fingerprint density at radius 2 is 1.64 bits per heavy atom. The summed E-state index contributed by atoms with van der Waals surface area (Å²) in [5.41, 5.74) is 2.37. The van der Waals surface area contributed by atoms with Gasteiger partial charge in [0.15, 0.2) is 5.96 Å². The SMILES string of the molecule is CN=C(NCc1ccc(CN(C)C(=O)OC(C)(C)C)cc1)NCc1cccc([N+](=O)[O-])c1.I. The Morgan fingerprint density at radius 1 is 1.06 bits per heavy atom. The minimum atomic E-state index is -0.525. The lowest BCUT2D eigenvalue weighted by Gasteiger charge is -2.24. The number of non-ortho nitro benzene ring substituents is 1. The third kappa shape index (κ3) is 10.1. The third-order valence-corrected chi connectivity index (χ3v) is 4.41. The van der Waals surface area contributed by atoms with Crippen molar-refractivity contribution in [2.45, 2.75) is 46.0 Å². The van der Waals surface area contributed by atoms with Gasteiger partial charge in [-0.2, -0.15) is 0 Å². The smallest absolute Gasteiger partial charge is 0.410 e. The van der Waals surface area contributed by atoms with Crippen molar-refractivity contribution in [3.63, 3.8) is 0 Å². The summed E-state index contributed by atoms with van der Waals surface area (Å²) in [5.74, 6) is 0.588. The number of guanidine groups is 1. The topological polar surface area (TPSA) is 109 Å². The van der Waals surface area contributed by atoms with Crippen molar-refractivity contribution in [2.75, 3.05) is 14.1 Å². The molecule has 0 saturated heterocycles. The fraction of sp³-hybridized carbons (Fsp3) is 0.391. The predicted octanol–water partition coefficient (Wildman–Crippen LogP) is 4.44. The van der Waals surface area contributed by atoms with Gasteiger partial charge in [0.2, 0.25) is 0 Å². The lowest BCUT2D eigenvalue weighted by Crippen LogP contribution is -2.36. The third-order valence-electron chi connectivity index (χ3n) is 4.41. The van der Waals surface area contributed by atoms with Crippen molar-refractivity contribution < 1.29 is 14.5 Å². The van der Waals surface area contributed by atoms with Gasteiger partial charge in [-0.1, -0.05) is 36.4 Å². The average molecular weight is 569 g/mol. The van der Waals surface area contributed by atoms with Gasteiger partial charge in [-0.15, -0.1) is 24.0 Å². The van der Waals surface area contributed by atoms with E-state index in [4.69, 9.17) is 4.74 Å². The number of rotatable bonds is 7. The molecule has 180 valence electrons. The van der Waals surface area contributed by atoms with Gasteiger partial charge in [0.05, 0.1) is 4.92 Å². The van der Waals surface area contributed by atoms with E-state index < -0.39 is 10.5 Å². The van der Waals surface area contributed by atoms with E-state index in [0.29, 0.717) is 25.6 Å². The lowest BCUT2D eigenvalue weighted by atomic mass is 10.1. The molecule has 0 unspecified atom stereocenters. The fourth-order valence-corrected chi connectivity index (χ4v) is 2.81. The molecule has 0 aromatic heterocycles. The number of nitro groups is 1. The summed E-state index contributed by atoms with van der Waals surface area (Å²) < 4.78 is 5.37. The van der Waals surface area contributed by atoms with Crippen LogP contribution in [0, 0.1) is 10.1 Å². The van der Waals surface area contributed by atoms with Gasteiger partial charge in [0.25, 0.3) is 5.69 Å². The van der Waals surface area contributed by atoms with E-state index in [9.17, 15) is 14.9 Å². The van der Waals surface area contributed by atoms with Crippen molar-refractivity contribution in [2.24, 2.45) is 4.99 Å². The number of carbonyl (C=O) groups is 1. The van der Waals surface area contributed by atoms with Gasteiger partial charge < -0.3 is 20.3 Å². The van der Waals surface area contributed by atoms with Crippen LogP contribution in [0.3, 0.4) is 0 Å². The molecule has 0 radical (unpaired) electrons. The van der Waals surface area contributed by atoms with Crippen molar-refractivity contribution >= 4 is 41.7 Å². The van der Waals surface area contributed by atoms with Crippen LogP contribution >= 0.6 is 24.0 Å².